The smallest absolute Gasteiger partial charge is 0.269 e. The van der Waals surface area contributed by atoms with Crippen molar-refractivity contribution in [3.8, 4) is 5.75 Å². The van der Waals surface area contributed by atoms with E-state index in [1.807, 2.05) is 6.08 Å². The number of nitrogens with one attached hydrogen (secondary N) is 1. The molecule has 0 spiro atoms. The molecule has 0 aromatic heterocycles. The first-order valence-electron chi connectivity index (χ1n) is 8.84. The number of likely N-dealkylation sites (N-methyl/N-ethyl adjacent to an activating group) is 1. The van der Waals surface area contributed by atoms with Gasteiger partial charge in [0, 0.05) is 37.9 Å². The largest absolute Gasteiger partial charge is 0.393 e. The lowest BCUT2D eigenvalue weighted by molar-refractivity contribution is 0.383. The molecule has 1 aliphatic carbocycles. The third-order valence-electron chi connectivity index (χ3n) is 4.59. The van der Waals surface area contributed by atoms with Crippen LogP contribution in [0, 0.1) is 6.08 Å². The van der Waals surface area contributed by atoms with Crippen molar-refractivity contribution in [2.24, 2.45) is 0 Å². The Kier molecular flexibility index (Phi) is 4.77. The Hall–Kier alpha value is -2.45. The monoisotopic (exact) mass is 324 g/mol. The minimum Gasteiger partial charge on any atom is -0.393 e. The summed E-state index contributed by atoms with van der Waals surface area (Å²) in [5.41, 5.74) is 4.22. The number of rotatable bonds is 6. The molecule has 1 N–H and O–H groups in total. The fourth-order valence-corrected chi connectivity index (χ4v) is 3.15. The van der Waals surface area contributed by atoms with Crippen LogP contribution in [0.25, 0.3) is 0 Å². The first-order valence-corrected chi connectivity index (χ1v) is 8.84. The zero-order valence-corrected chi connectivity index (χ0v) is 15.0. The molecule has 1 aromatic carbocycles. The van der Waals surface area contributed by atoms with Crippen molar-refractivity contribution in [1.29, 1.82) is 0 Å². The topological polar surface area (TPSA) is 27.7 Å². The average Bonchev–Trinajstić information content (AvgIpc) is 2.62. The summed E-state index contributed by atoms with van der Waals surface area (Å²) < 4.78 is 6.19. The Balaban J connectivity index is 1.88. The van der Waals surface area contributed by atoms with Crippen LogP contribution in [0.1, 0.15) is 27.7 Å². The van der Waals surface area contributed by atoms with Crippen molar-refractivity contribution in [3.63, 3.8) is 0 Å². The summed E-state index contributed by atoms with van der Waals surface area (Å²) in [5, 5.41) is 3.43. The van der Waals surface area contributed by atoms with Gasteiger partial charge in [-0.1, -0.05) is 0 Å². The van der Waals surface area contributed by atoms with Crippen LogP contribution in [0.2, 0.25) is 0 Å². The van der Waals surface area contributed by atoms with Gasteiger partial charge in [0.15, 0.2) is 11.4 Å². The Bertz CT molecular complexity index is 695. The van der Waals surface area contributed by atoms with E-state index in [1.165, 1.54) is 5.69 Å². The first-order chi connectivity index (χ1) is 11.7. The molecule has 0 bridgehead atoms. The molecule has 4 nitrogen and oxygen atoms in total. The lowest BCUT2D eigenvalue weighted by Crippen LogP contribution is -2.24. The highest BCUT2D eigenvalue weighted by molar-refractivity contribution is 5.70. The van der Waals surface area contributed by atoms with Crippen molar-refractivity contribution >= 4 is 11.4 Å². The van der Waals surface area contributed by atoms with Gasteiger partial charge in [-0.3, -0.25) is 0 Å². The van der Waals surface area contributed by atoms with Gasteiger partial charge in [-0.15, -0.1) is 0 Å². The van der Waals surface area contributed by atoms with Gasteiger partial charge >= 0.3 is 0 Å². The maximum Gasteiger partial charge on any atom is 0.269 e. The molecular weight excluding hydrogens is 298 g/mol. The molecule has 0 atom stereocenters. The molecule has 0 fully saturated rings. The van der Waals surface area contributed by atoms with E-state index in [2.05, 4.69) is 73.2 Å². The number of hydrogen-bond acceptors (Lipinski definition) is 4. The molecule has 0 unspecified atom stereocenters. The van der Waals surface area contributed by atoms with Crippen LogP contribution in [0.4, 0.5) is 11.4 Å². The van der Waals surface area contributed by atoms with E-state index < -0.39 is 0 Å². The number of fused-ring (bicyclic) bond motifs is 1. The predicted molar refractivity (Wildman–Crippen MR) is 100 cm³/mol. The summed E-state index contributed by atoms with van der Waals surface area (Å²) in [4.78, 5) is 4.61. The fourth-order valence-electron chi connectivity index (χ4n) is 3.15. The lowest BCUT2D eigenvalue weighted by Gasteiger charge is -2.25. The Morgan fingerprint density at radius 3 is 2.38 bits per heavy atom. The SMILES string of the molecule is CCN(CC)C1=CC2=C([C+]=C1)Nc1ccc(N(CC)CC)cc1O2. The maximum atomic E-state index is 6.19. The summed E-state index contributed by atoms with van der Waals surface area (Å²) in [6, 6.07) is 6.33. The normalized spacial score (nSPS) is 14.8. The molecule has 0 saturated carbocycles. The van der Waals surface area contributed by atoms with E-state index >= 15 is 0 Å². The predicted octanol–water partition coefficient (Wildman–Crippen LogP) is 4.15. The summed E-state index contributed by atoms with van der Waals surface area (Å²) in [7, 11) is 0. The lowest BCUT2D eigenvalue weighted by atomic mass is 10.1. The second kappa shape index (κ2) is 6.98. The van der Waals surface area contributed by atoms with Crippen LogP contribution >= 0.6 is 0 Å². The van der Waals surface area contributed by atoms with Crippen LogP contribution in [0.15, 0.2) is 47.5 Å². The highest BCUT2D eigenvalue weighted by Crippen LogP contribution is 2.37. The highest BCUT2D eigenvalue weighted by Gasteiger charge is 2.29. The van der Waals surface area contributed by atoms with Gasteiger partial charge in [0.1, 0.15) is 12.2 Å². The van der Waals surface area contributed by atoms with Crippen LogP contribution in [0.5, 0.6) is 5.75 Å². The summed E-state index contributed by atoms with van der Waals surface area (Å²) in [5.74, 6) is 1.71. The summed E-state index contributed by atoms with van der Waals surface area (Å²) in [6.07, 6.45) is 7.44. The fraction of sp³-hybridized carbons (Fsp3) is 0.400. The third kappa shape index (κ3) is 2.98. The Morgan fingerprint density at radius 2 is 1.71 bits per heavy atom. The number of anilines is 2. The molecule has 1 heterocycles. The van der Waals surface area contributed by atoms with Gasteiger partial charge in [-0.25, -0.2) is 0 Å². The number of benzene rings is 1. The number of allylic oxidation sites excluding steroid dienone is 3. The van der Waals surface area contributed by atoms with Crippen LogP contribution in [-0.4, -0.2) is 31.1 Å². The molecule has 0 radical (unpaired) electrons. The number of hydrogen-bond donors (Lipinski definition) is 1. The highest BCUT2D eigenvalue weighted by atomic mass is 16.5. The molecule has 0 saturated heterocycles. The van der Waals surface area contributed by atoms with Crippen molar-refractivity contribution in [1.82, 2.24) is 4.90 Å². The van der Waals surface area contributed by atoms with Gasteiger partial charge in [-0.05, 0) is 39.8 Å². The second-order valence-corrected chi connectivity index (χ2v) is 5.85. The number of ether oxygens (including phenoxy) is 1. The molecule has 24 heavy (non-hydrogen) atoms. The second-order valence-electron chi connectivity index (χ2n) is 5.85. The molecule has 1 aliphatic heterocycles. The third-order valence-corrected chi connectivity index (χ3v) is 4.59. The van der Waals surface area contributed by atoms with E-state index in [-0.39, 0.29) is 0 Å². The van der Waals surface area contributed by atoms with Gasteiger partial charge in [0.2, 0.25) is 0 Å². The molecular formula is C20H26N3O+. The molecule has 2 aliphatic rings. The Morgan fingerprint density at radius 1 is 1.00 bits per heavy atom. The van der Waals surface area contributed by atoms with E-state index in [0.29, 0.717) is 0 Å². The zero-order chi connectivity index (χ0) is 17.1. The van der Waals surface area contributed by atoms with Crippen molar-refractivity contribution < 1.29 is 4.74 Å². The van der Waals surface area contributed by atoms with Gasteiger partial charge in [0.25, 0.3) is 11.5 Å². The number of nitrogens with zero attached hydrogens (tertiary/aromatic N) is 2. The van der Waals surface area contributed by atoms with Crippen molar-refractivity contribution in [2.75, 3.05) is 36.4 Å². The van der Waals surface area contributed by atoms with E-state index in [1.54, 1.807) is 0 Å². The minimum absolute atomic E-state index is 0.837. The molecule has 4 heteroatoms. The van der Waals surface area contributed by atoms with E-state index in [4.69, 9.17) is 4.74 Å². The zero-order valence-electron chi connectivity index (χ0n) is 15.0. The van der Waals surface area contributed by atoms with Gasteiger partial charge in [-0.2, -0.15) is 0 Å². The first kappa shape index (κ1) is 16.4. The molecule has 1 aromatic rings. The van der Waals surface area contributed by atoms with Gasteiger partial charge < -0.3 is 19.9 Å². The molecule has 0 amide bonds. The van der Waals surface area contributed by atoms with E-state index in [0.717, 1.165) is 54.8 Å². The standard InChI is InChI=1S/C20H26N3O/c1-5-22(6-2)15-9-11-17-19(13-15)24-20-14-16(23(7-3)8-4)10-12-18(20)21-17/h9-11,13-14,21H,5-8H2,1-4H3/q+1. The van der Waals surface area contributed by atoms with Crippen LogP contribution < -0.4 is 15.0 Å². The Labute approximate surface area is 145 Å². The van der Waals surface area contributed by atoms with E-state index in [9.17, 15) is 0 Å². The van der Waals surface area contributed by atoms with Crippen molar-refractivity contribution in [2.45, 2.75) is 27.7 Å². The summed E-state index contributed by atoms with van der Waals surface area (Å²) >= 11 is 0. The van der Waals surface area contributed by atoms with Crippen LogP contribution in [0.3, 0.4) is 0 Å². The summed E-state index contributed by atoms with van der Waals surface area (Å²) in [6.45, 7) is 12.6. The quantitative estimate of drug-likeness (QED) is 0.796. The maximum absolute atomic E-state index is 6.19. The molecule has 126 valence electrons. The van der Waals surface area contributed by atoms with Crippen molar-refractivity contribution in [3.05, 3.63) is 53.6 Å². The van der Waals surface area contributed by atoms with Crippen LogP contribution in [-0.2, 0) is 0 Å². The molecule has 3 rings (SSSR count). The minimum atomic E-state index is 0.837. The average molecular weight is 324 g/mol. The van der Waals surface area contributed by atoms with Gasteiger partial charge in [0.05, 0.1) is 11.8 Å².